The van der Waals surface area contributed by atoms with Crippen LogP contribution in [0.5, 0.6) is 0 Å². The summed E-state index contributed by atoms with van der Waals surface area (Å²) in [6, 6.07) is 0. The predicted octanol–water partition coefficient (Wildman–Crippen LogP) is 21.2. The van der Waals surface area contributed by atoms with Crippen molar-refractivity contribution in [3.8, 4) is 0 Å². The molecular weight excluding hydrogens is 877 g/mol. The number of unbranched alkanes of at least 4 members (excludes halogenated alkanes) is 41. The third-order valence-electron chi connectivity index (χ3n) is 14.2. The van der Waals surface area contributed by atoms with Gasteiger partial charge in [0.15, 0.2) is 6.10 Å². The Hall–Kier alpha value is -2.37. The maximum atomic E-state index is 12.9. The van der Waals surface area contributed by atoms with Crippen molar-refractivity contribution in [2.75, 3.05) is 13.2 Å². The standard InChI is InChI=1S/C65H120O6/c1-4-7-10-13-16-19-22-25-28-30-32-34-37-40-43-46-49-52-55-58-64(67)70-61-62(60-69-63(66)57-54-51-48-45-42-39-36-27-24-21-18-15-12-9-6-3)71-65(68)59-56-53-50-47-44-41-38-35-33-31-29-26-23-20-17-14-11-8-5-2/h7,10,16,19,25,28,62H,4-6,8-9,11-15,17-18,20-24,26-27,29-61H2,1-3H3/b10-7-,19-16-,28-25-. The molecule has 0 aliphatic heterocycles. The lowest BCUT2D eigenvalue weighted by molar-refractivity contribution is -0.167. The van der Waals surface area contributed by atoms with Gasteiger partial charge < -0.3 is 14.2 Å². The Morgan fingerprint density at radius 1 is 0.296 bits per heavy atom. The molecule has 0 saturated heterocycles. The van der Waals surface area contributed by atoms with Crippen molar-refractivity contribution in [2.45, 2.75) is 348 Å². The second-order valence-electron chi connectivity index (χ2n) is 21.3. The van der Waals surface area contributed by atoms with E-state index in [1.807, 2.05) is 0 Å². The van der Waals surface area contributed by atoms with Crippen molar-refractivity contribution in [3.05, 3.63) is 36.5 Å². The fourth-order valence-corrected chi connectivity index (χ4v) is 9.46. The summed E-state index contributed by atoms with van der Waals surface area (Å²) in [5, 5.41) is 0. The summed E-state index contributed by atoms with van der Waals surface area (Å²) >= 11 is 0. The van der Waals surface area contributed by atoms with Gasteiger partial charge in [0.25, 0.3) is 0 Å². The highest BCUT2D eigenvalue weighted by atomic mass is 16.6. The van der Waals surface area contributed by atoms with E-state index < -0.39 is 6.10 Å². The van der Waals surface area contributed by atoms with Crippen molar-refractivity contribution in [1.82, 2.24) is 0 Å². The van der Waals surface area contributed by atoms with E-state index in [4.69, 9.17) is 14.2 Å². The zero-order valence-electron chi connectivity index (χ0n) is 47.8. The zero-order valence-corrected chi connectivity index (χ0v) is 47.8. The van der Waals surface area contributed by atoms with Crippen LogP contribution in [0.25, 0.3) is 0 Å². The summed E-state index contributed by atoms with van der Waals surface area (Å²) in [6.45, 7) is 6.59. The van der Waals surface area contributed by atoms with Crippen molar-refractivity contribution >= 4 is 17.9 Å². The number of carbonyl (C=O) groups excluding carboxylic acids is 3. The first-order valence-corrected chi connectivity index (χ1v) is 31.5. The van der Waals surface area contributed by atoms with E-state index in [0.717, 1.165) is 77.0 Å². The highest BCUT2D eigenvalue weighted by Crippen LogP contribution is 2.18. The van der Waals surface area contributed by atoms with Crippen LogP contribution in [0.15, 0.2) is 36.5 Å². The molecular formula is C65H120O6. The van der Waals surface area contributed by atoms with Crippen LogP contribution in [0.2, 0.25) is 0 Å². The molecule has 0 aliphatic rings. The molecule has 0 aromatic carbocycles. The quantitative estimate of drug-likeness (QED) is 0.0261. The smallest absolute Gasteiger partial charge is 0.306 e. The zero-order chi connectivity index (χ0) is 51.4. The Balaban J connectivity index is 4.32. The normalized spacial score (nSPS) is 12.2. The lowest BCUT2D eigenvalue weighted by Crippen LogP contribution is -2.30. The minimum Gasteiger partial charge on any atom is -0.462 e. The van der Waals surface area contributed by atoms with Gasteiger partial charge in [-0.25, -0.2) is 0 Å². The van der Waals surface area contributed by atoms with Gasteiger partial charge in [0, 0.05) is 19.3 Å². The van der Waals surface area contributed by atoms with Crippen molar-refractivity contribution in [2.24, 2.45) is 0 Å². The molecule has 71 heavy (non-hydrogen) atoms. The summed E-state index contributed by atoms with van der Waals surface area (Å²) in [6.07, 6.45) is 72.9. The van der Waals surface area contributed by atoms with Crippen LogP contribution in [-0.2, 0) is 28.6 Å². The summed E-state index contributed by atoms with van der Waals surface area (Å²) in [5.41, 5.74) is 0. The largest absolute Gasteiger partial charge is 0.462 e. The summed E-state index contributed by atoms with van der Waals surface area (Å²) in [5.74, 6) is -0.848. The molecule has 0 aliphatic carbocycles. The molecule has 0 N–H and O–H groups in total. The highest BCUT2D eigenvalue weighted by molar-refractivity contribution is 5.71. The van der Waals surface area contributed by atoms with Gasteiger partial charge in [-0.1, -0.05) is 308 Å². The van der Waals surface area contributed by atoms with Gasteiger partial charge in [0.2, 0.25) is 0 Å². The minimum atomic E-state index is -0.770. The van der Waals surface area contributed by atoms with Crippen LogP contribution in [-0.4, -0.2) is 37.2 Å². The van der Waals surface area contributed by atoms with E-state index >= 15 is 0 Å². The summed E-state index contributed by atoms with van der Waals surface area (Å²) < 4.78 is 16.9. The molecule has 0 amide bonds. The fraction of sp³-hybridized carbons (Fsp3) is 0.862. The SMILES string of the molecule is CC/C=C\C/C=C\C/C=C\CCCCCCCCCCCC(=O)OCC(COC(=O)CCCCCCCCCCCCCCCCC)OC(=O)CCCCCCCCCCCCCCCCCCCCC. The molecule has 0 heterocycles. The van der Waals surface area contributed by atoms with Crippen molar-refractivity contribution < 1.29 is 28.6 Å². The van der Waals surface area contributed by atoms with Crippen LogP contribution >= 0.6 is 0 Å². The number of rotatable bonds is 58. The molecule has 0 aromatic heterocycles. The number of hydrogen-bond donors (Lipinski definition) is 0. The first-order valence-electron chi connectivity index (χ1n) is 31.5. The van der Waals surface area contributed by atoms with Gasteiger partial charge in [0.1, 0.15) is 13.2 Å². The molecule has 0 rings (SSSR count). The molecule has 0 radical (unpaired) electrons. The molecule has 1 atom stereocenters. The average Bonchev–Trinajstić information content (AvgIpc) is 3.37. The average molecular weight is 998 g/mol. The Morgan fingerprint density at radius 2 is 0.549 bits per heavy atom. The number of carbonyl (C=O) groups is 3. The monoisotopic (exact) mass is 997 g/mol. The predicted molar refractivity (Wildman–Crippen MR) is 307 cm³/mol. The second-order valence-corrected chi connectivity index (χ2v) is 21.3. The van der Waals surface area contributed by atoms with Gasteiger partial charge in [-0.2, -0.15) is 0 Å². The highest BCUT2D eigenvalue weighted by Gasteiger charge is 2.19. The van der Waals surface area contributed by atoms with E-state index in [1.165, 1.54) is 225 Å². The molecule has 6 nitrogen and oxygen atoms in total. The Morgan fingerprint density at radius 3 is 0.859 bits per heavy atom. The molecule has 0 aromatic rings. The van der Waals surface area contributed by atoms with Crippen LogP contribution < -0.4 is 0 Å². The number of esters is 3. The molecule has 0 spiro atoms. The van der Waals surface area contributed by atoms with Crippen LogP contribution in [0.4, 0.5) is 0 Å². The Bertz CT molecular complexity index is 1190. The number of hydrogen-bond acceptors (Lipinski definition) is 6. The molecule has 416 valence electrons. The van der Waals surface area contributed by atoms with E-state index in [-0.39, 0.29) is 31.1 Å². The topological polar surface area (TPSA) is 78.9 Å². The Labute approximate surface area is 442 Å². The van der Waals surface area contributed by atoms with Gasteiger partial charge in [-0.15, -0.1) is 0 Å². The van der Waals surface area contributed by atoms with Gasteiger partial charge in [-0.05, 0) is 51.4 Å². The number of allylic oxidation sites excluding steroid dienone is 6. The van der Waals surface area contributed by atoms with Crippen LogP contribution in [0.1, 0.15) is 342 Å². The summed E-state index contributed by atoms with van der Waals surface area (Å²) in [7, 11) is 0. The molecule has 0 bridgehead atoms. The second kappa shape index (κ2) is 60.2. The lowest BCUT2D eigenvalue weighted by Gasteiger charge is -2.18. The maximum absolute atomic E-state index is 12.9. The van der Waals surface area contributed by atoms with E-state index in [2.05, 4.69) is 57.2 Å². The molecule has 0 fully saturated rings. The van der Waals surface area contributed by atoms with Gasteiger partial charge in [-0.3, -0.25) is 14.4 Å². The van der Waals surface area contributed by atoms with E-state index in [1.54, 1.807) is 0 Å². The molecule has 0 saturated carbocycles. The summed E-state index contributed by atoms with van der Waals surface area (Å²) in [4.78, 5) is 38.3. The van der Waals surface area contributed by atoms with E-state index in [9.17, 15) is 14.4 Å². The van der Waals surface area contributed by atoms with Crippen LogP contribution in [0, 0.1) is 0 Å². The molecule has 1 unspecified atom stereocenters. The fourth-order valence-electron chi connectivity index (χ4n) is 9.46. The number of ether oxygens (including phenoxy) is 3. The third kappa shape index (κ3) is 58.4. The van der Waals surface area contributed by atoms with E-state index in [0.29, 0.717) is 19.3 Å². The van der Waals surface area contributed by atoms with Crippen molar-refractivity contribution in [1.29, 1.82) is 0 Å². The third-order valence-corrected chi connectivity index (χ3v) is 14.2. The molecule has 6 heteroatoms. The first kappa shape index (κ1) is 68.6. The van der Waals surface area contributed by atoms with Crippen LogP contribution in [0.3, 0.4) is 0 Å². The van der Waals surface area contributed by atoms with Gasteiger partial charge >= 0.3 is 17.9 Å². The Kier molecular flexibility index (Phi) is 58.2. The maximum Gasteiger partial charge on any atom is 0.306 e. The van der Waals surface area contributed by atoms with Gasteiger partial charge in [0.05, 0.1) is 0 Å². The minimum absolute atomic E-state index is 0.0679. The lowest BCUT2D eigenvalue weighted by atomic mass is 10.0. The van der Waals surface area contributed by atoms with Crippen molar-refractivity contribution in [3.63, 3.8) is 0 Å². The first-order chi connectivity index (χ1) is 35.0.